The Balaban J connectivity index is 2.27. The molecule has 0 fully saturated rings. The smallest absolute Gasteiger partial charge is 0.207 e. The van der Waals surface area contributed by atoms with Crippen molar-refractivity contribution in [2.75, 3.05) is 0 Å². The summed E-state index contributed by atoms with van der Waals surface area (Å²) in [6.45, 7) is 3.52. The van der Waals surface area contributed by atoms with Crippen molar-refractivity contribution in [2.24, 2.45) is 0 Å². The van der Waals surface area contributed by atoms with Gasteiger partial charge in [0.25, 0.3) is 0 Å². The van der Waals surface area contributed by atoms with Gasteiger partial charge in [-0.15, -0.1) is 0 Å². The van der Waals surface area contributed by atoms with Gasteiger partial charge in [0, 0.05) is 6.04 Å². The van der Waals surface area contributed by atoms with Crippen molar-refractivity contribution in [3.05, 3.63) is 65.2 Å². The standard InChI is InChI=1S/C16H16N2O2S/c1-12-10-16(9-8-15(12)11-17)21(19,20)18-13(2)14-6-4-3-5-7-14/h3-10,13,18H,1-2H3/t13-/m0/s1. The lowest BCUT2D eigenvalue weighted by molar-refractivity contribution is 0.567. The minimum absolute atomic E-state index is 0.168. The zero-order valence-corrected chi connectivity index (χ0v) is 12.7. The van der Waals surface area contributed by atoms with Crippen molar-refractivity contribution in [3.63, 3.8) is 0 Å². The summed E-state index contributed by atoms with van der Waals surface area (Å²) >= 11 is 0. The van der Waals surface area contributed by atoms with Gasteiger partial charge in [-0.25, -0.2) is 13.1 Å². The first-order valence-electron chi connectivity index (χ1n) is 6.52. The van der Waals surface area contributed by atoms with Crippen LogP contribution < -0.4 is 4.72 Å². The maximum absolute atomic E-state index is 12.4. The summed E-state index contributed by atoms with van der Waals surface area (Å²) in [5, 5.41) is 8.89. The SMILES string of the molecule is Cc1cc(S(=O)(=O)N[C@@H](C)c2ccccc2)ccc1C#N. The quantitative estimate of drug-likeness (QED) is 0.943. The van der Waals surface area contributed by atoms with E-state index >= 15 is 0 Å². The van der Waals surface area contributed by atoms with E-state index in [1.165, 1.54) is 18.2 Å². The maximum Gasteiger partial charge on any atom is 0.241 e. The summed E-state index contributed by atoms with van der Waals surface area (Å²) in [5.74, 6) is 0. The molecule has 0 aliphatic rings. The Kier molecular flexibility index (Phi) is 4.41. The summed E-state index contributed by atoms with van der Waals surface area (Å²) < 4.78 is 27.4. The Bertz CT molecular complexity index is 778. The molecule has 0 saturated heterocycles. The second-order valence-corrected chi connectivity index (χ2v) is 6.56. The van der Waals surface area contributed by atoms with Crippen LogP contribution in [0.4, 0.5) is 0 Å². The molecule has 2 rings (SSSR count). The average molecular weight is 300 g/mol. The second kappa shape index (κ2) is 6.08. The molecule has 2 aromatic rings. The highest BCUT2D eigenvalue weighted by atomic mass is 32.2. The van der Waals surface area contributed by atoms with E-state index in [0.717, 1.165) is 5.56 Å². The van der Waals surface area contributed by atoms with E-state index in [-0.39, 0.29) is 10.9 Å². The first-order chi connectivity index (χ1) is 9.94. The van der Waals surface area contributed by atoms with Gasteiger partial charge in [-0.05, 0) is 43.2 Å². The molecule has 0 amide bonds. The van der Waals surface area contributed by atoms with E-state index in [2.05, 4.69) is 4.72 Å². The van der Waals surface area contributed by atoms with Crippen LogP contribution in [0.3, 0.4) is 0 Å². The molecule has 2 aromatic carbocycles. The lowest BCUT2D eigenvalue weighted by atomic mass is 10.1. The van der Waals surface area contributed by atoms with Crippen LogP contribution in [-0.2, 0) is 10.0 Å². The molecule has 1 N–H and O–H groups in total. The molecule has 21 heavy (non-hydrogen) atoms. The van der Waals surface area contributed by atoms with Crippen molar-refractivity contribution in [1.29, 1.82) is 5.26 Å². The summed E-state index contributed by atoms with van der Waals surface area (Å²) in [5.41, 5.74) is 2.02. The number of nitriles is 1. The number of aryl methyl sites for hydroxylation is 1. The molecular formula is C16H16N2O2S. The van der Waals surface area contributed by atoms with Crippen molar-refractivity contribution in [2.45, 2.75) is 24.8 Å². The highest BCUT2D eigenvalue weighted by Crippen LogP contribution is 2.19. The van der Waals surface area contributed by atoms with Crippen molar-refractivity contribution < 1.29 is 8.42 Å². The average Bonchev–Trinajstić information content (AvgIpc) is 2.47. The Morgan fingerprint density at radius 1 is 1.14 bits per heavy atom. The van der Waals surface area contributed by atoms with Gasteiger partial charge in [0.1, 0.15) is 0 Å². The largest absolute Gasteiger partial charge is 0.241 e. The number of sulfonamides is 1. The fourth-order valence-corrected chi connectivity index (χ4v) is 3.36. The Morgan fingerprint density at radius 2 is 1.81 bits per heavy atom. The van der Waals surface area contributed by atoms with Crippen LogP contribution in [0.15, 0.2) is 53.4 Å². The number of hydrogen-bond acceptors (Lipinski definition) is 3. The minimum atomic E-state index is -3.61. The highest BCUT2D eigenvalue weighted by Gasteiger charge is 2.18. The molecule has 0 aromatic heterocycles. The summed E-state index contributed by atoms with van der Waals surface area (Å²) in [4.78, 5) is 0.168. The second-order valence-electron chi connectivity index (χ2n) is 4.84. The number of hydrogen-bond donors (Lipinski definition) is 1. The van der Waals surface area contributed by atoms with Gasteiger partial charge in [-0.2, -0.15) is 5.26 Å². The van der Waals surface area contributed by atoms with Crippen LogP contribution in [0.25, 0.3) is 0 Å². The Hall–Kier alpha value is -2.16. The number of nitrogens with zero attached hydrogens (tertiary/aromatic N) is 1. The van der Waals surface area contributed by atoms with Gasteiger partial charge in [0.05, 0.1) is 16.5 Å². The fourth-order valence-electron chi connectivity index (χ4n) is 2.04. The normalized spacial score (nSPS) is 12.6. The van der Waals surface area contributed by atoms with Crippen molar-refractivity contribution in [3.8, 4) is 6.07 Å². The van der Waals surface area contributed by atoms with Crippen LogP contribution in [0, 0.1) is 18.3 Å². The van der Waals surface area contributed by atoms with E-state index in [1.54, 1.807) is 13.8 Å². The minimum Gasteiger partial charge on any atom is -0.207 e. The third-order valence-corrected chi connectivity index (χ3v) is 4.80. The van der Waals surface area contributed by atoms with Gasteiger partial charge in [0.2, 0.25) is 10.0 Å². The van der Waals surface area contributed by atoms with Gasteiger partial charge in [-0.3, -0.25) is 0 Å². The molecule has 5 heteroatoms. The predicted molar refractivity (Wildman–Crippen MR) is 81.1 cm³/mol. The van der Waals surface area contributed by atoms with Gasteiger partial charge >= 0.3 is 0 Å². The molecule has 0 radical (unpaired) electrons. The molecule has 0 aliphatic heterocycles. The lowest BCUT2D eigenvalue weighted by Gasteiger charge is -2.15. The van der Waals surface area contributed by atoms with E-state index in [0.29, 0.717) is 11.1 Å². The first kappa shape index (κ1) is 15.2. The van der Waals surface area contributed by atoms with E-state index < -0.39 is 10.0 Å². The third-order valence-electron chi connectivity index (χ3n) is 3.26. The van der Waals surface area contributed by atoms with Crippen molar-refractivity contribution in [1.82, 2.24) is 4.72 Å². The summed E-state index contributed by atoms with van der Waals surface area (Å²) in [6, 6.07) is 15.5. The van der Waals surface area contributed by atoms with E-state index in [9.17, 15) is 8.42 Å². The molecular weight excluding hydrogens is 284 g/mol. The predicted octanol–water partition coefficient (Wildman–Crippen LogP) is 2.91. The van der Waals surface area contributed by atoms with Crippen molar-refractivity contribution >= 4 is 10.0 Å². The maximum atomic E-state index is 12.4. The molecule has 4 nitrogen and oxygen atoms in total. The van der Waals surface area contributed by atoms with Gasteiger partial charge in [0.15, 0.2) is 0 Å². The van der Waals surface area contributed by atoms with Gasteiger partial charge in [-0.1, -0.05) is 30.3 Å². The summed E-state index contributed by atoms with van der Waals surface area (Å²) in [6.07, 6.45) is 0. The van der Waals surface area contributed by atoms with Crippen LogP contribution >= 0.6 is 0 Å². The van der Waals surface area contributed by atoms with Gasteiger partial charge < -0.3 is 0 Å². The van der Waals surface area contributed by atoms with Crippen LogP contribution in [-0.4, -0.2) is 8.42 Å². The molecule has 0 saturated carbocycles. The van der Waals surface area contributed by atoms with Crippen LogP contribution in [0.5, 0.6) is 0 Å². The molecule has 0 bridgehead atoms. The first-order valence-corrected chi connectivity index (χ1v) is 8.00. The zero-order chi connectivity index (χ0) is 15.5. The summed E-state index contributed by atoms with van der Waals surface area (Å²) in [7, 11) is -3.61. The topological polar surface area (TPSA) is 70.0 Å². The van der Waals surface area contributed by atoms with E-state index in [4.69, 9.17) is 5.26 Å². The molecule has 108 valence electrons. The molecule has 0 aliphatic carbocycles. The highest BCUT2D eigenvalue weighted by molar-refractivity contribution is 7.89. The zero-order valence-electron chi connectivity index (χ0n) is 11.9. The Labute approximate surface area is 125 Å². The van der Waals surface area contributed by atoms with E-state index in [1.807, 2.05) is 36.4 Å². The lowest BCUT2D eigenvalue weighted by Crippen LogP contribution is -2.27. The molecule has 0 unspecified atom stereocenters. The van der Waals surface area contributed by atoms with Crippen LogP contribution in [0.2, 0.25) is 0 Å². The molecule has 1 atom stereocenters. The number of benzene rings is 2. The monoisotopic (exact) mass is 300 g/mol. The van der Waals surface area contributed by atoms with Crippen LogP contribution in [0.1, 0.15) is 29.7 Å². The number of nitrogens with one attached hydrogen (secondary N) is 1. The Morgan fingerprint density at radius 3 is 2.38 bits per heavy atom. The third kappa shape index (κ3) is 3.48. The number of rotatable bonds is 4. The molecule has 0 heterocycles. The molecule has 0 spiro atoms. The fraction of sp³-hybridized carbons (Fsp3) is 0.188.